The Morgan fingerprint density at radius 1 is 1.10 bits per heavy atom. The number of Topliss-reactive ketones (excluding diaryl/α,β-unsaturated/α-hetero) is 1. The van der Waals surface area contributed by atoms with Gasteiger partial charge in [-0.15, -0.1) is 0 Å². The highest BCUT2D eigenvalue weighted by Gasteiger charge is 2.21. The minimum Gasteiger partial charge on any atom is -0.480 e. The Hall–Kier alpha value is -2.17. The van der Waals surface area contributed by atoms with Crippen LogP contribution >= 0.6 is 0 Å². The number of amides is 1. The first-order valence-electron chi connectivity index (χ1n) is 6.52. The molecule has 0 unspecified atom stereocenters. The van der Waals surface area contributed by atoms with Crippen molar-refractivity contribution in [3.63, 3.8) is 0 Å². The lowest BCUT2D eigenvalue weighted by atomic mass is 10.1. The number of rotatable bonds is 6. The standard InChI is InChI=1S/C15H19NO4/c1-4-13(17)11-5-7-12(8-6-11)15(20)16(10(2)3)9-14(18)19/h5-8,10H,4,9H2,1-3H3,(H,18,19). The molecule has 1 rings (SSSR count). The fraction of sp³-hybridized carbons (Fsp3) is 0.400. The molecule has 0 saturated carbocycles. The molecule has 0 aromatic heterocycles. The van der Waals surface area contributed by atoms with Crippen LogP contribution < -0.4 is 0 Å². The normalized spacial score (nSPS) is 10.4. The quantitative estimate of drug-likeness (QED) is 0.809. The van der Waals surface area contributed by atoms with E-state index in [-0.39, 0.29) is 24.3 Å². The SMILES string of the molecule is CCC(=O)c1ccc(C(=O)N(CC(=O)O)C(C)C)cc1. The van der Waals surface area contributed by atoms with Crippen LogP contribution in [-0.4, -0.2) is 40.3 Å². The highest BCUT2D eigenvalue weighted by molar-refractivity contribution is 5.99. The lowest BCUT2D eigenvalue weighted by Gasteiger charge is -2.24. The third-order valence-electron chi connectivity index (χ3n) is 2.96. The summed E-state index contributed by atoms with van der Waals surface area (Å²) in [7, 11) is 0. The van der Waals surface area contributed by atoms with Gasteiger partial charge < -0.3 is 10.0 Å². The Labute approximate surface area is 118 Å². The van der Waals surface area contributed by atoms with Gasteiger partial charge in [-0.2, -0.15) is 0 Å². The molecule has 0 spiro atoms. The van der Waals surface area contributed by atoms with E-state index in [1.165, 1.54) is 4.90 Å². The fourth-order valence-electron chi connectivity index (χ4n) is 1.80. The van der Waals surface area contributed by atoms with Crippen LogP contribution in [-0.2, 0) is 4.79 Å². The summed E-state index contributed by atoms with van der Waals surface area (Å²) in [4.78, 5) is 35.8. The van der Waals surface area contributed by atoms with Crippen molar-refractivity contribution >= 4 is 17.7 Å². The molecule has 1 N–H and O–H groups in total. The molecule has 0 atom stereocenters. The average Bonchev–Trinajstić information content (AvgIpc) is 2.43. The summed E-state index contributed by atoms with van der Waals surface area (Å²) in [6.07, 6.45) is 0.407. The van der Waals surface area contributed by atoms with E-state index < -0.39 is 5.97 Å². The van der Waals surface area contributed by atoms with Gasteiger partial charge in [0.15, 0.2) is 5.78 Å². The second-order valence-corrected chi connectivity index (χ2v) is 4.77. The van der Waals surface area contributed by atoms with Crippen LogP contribution in [0.15, 0.2) is 24.3 Å². The van der Waals surface area contributed by atoms with E-state index in [2.05, 4.69) is 0 Å². The monoisotopic (exact) mass is 277 g/mol. The van der Waals surface area contributed by atoms with Gasteiger partial charge in [-0.05, 0) is 26.0 Å². The molecule has 1 aromatic rings. The van der Waals surface area contributed by atoms with Crippen molar-refractivity contribution in [3.8, 4) is 0 Å². The number of carbonyl (C=O) groups is 3. The van der Waals surface area contributed by atoms with Crippen molar-refractivity contribution in [2.75, 3.05) is 6.54 Å². The maximum Gasteiger partial charge on any atom is 0.323 e. The first kappa shape index (κ1) is 15.9. The summed E-state index contributed by atoms with van der Waals surface area (Å²) in [5.41, 5.74) is 0.936. The molecule has 0 aliphatic rings. The molecule has 5 nitrogen and oxygen atoms in total. The van der Waals surface area contributed by atoms with Crippen molar-refractivity contribution in [3.05, 3.63) is 35.4 Å². The summed E-state index contributed by atoms with van der Waals surface area (Å²) in [6, 6.07) is 6.09. The van der Waals surface area contributed by atoms with Crippen LogP contribution in [0.25, 0.3) is 0 Å². The lowest BCUT2D eigenvalue weighted by Crippen LogP contribution is -2.40. The summed E-state index contributed by atoms with van der Waals surface area (Å²) in [5.74, 6) is -1.39. The number of hydrogen-bond donors (Lipinski definition) is 1. The summed E-state index contributed by atoms with van der Waals surface area (Å²) >= 11 is 0. The number of carboxylic acids is 1. The molecule has 0 bridgehead atoms. The zero-order valence-corrected chi connectivity index (χ0v) is 11.9. The molecule has 0 saturated heterocycles. The second-order valence-electron chi connectivity index (χ2n) is 4.77. The van der Waals surface area contributed by atoms with Crippen LogP contribution in [0.4, 0.5) is 0 Å². The van der Waals surface area contributed by atoms with Crippen molar-refractivity contribution in [2.24, 2.45) is 0 Å². The number of benzene rings is 1. The summed E-state index contributed by atoms with van der Waals surface area (Å²) in [6.45, 7) is 4.95. The van der Waals surface area contributed by atoms with E-state index in [0.717, 1.165) is 0 Å². The zero-order chi connectivity index (χ0) is 15.3. The Bertz CT molecular complexity index is 505. The minimum absolute atomic E-state index is 0.00949. The molecule has 1 amide bonds. The number of nitrogens with zero attached hydrogens (tertiary/aromatic N) is 1. The maximum atomic E-state index is 12.3. The third-order valence-corrected chi connectivity index (χ3v) is 2.96. The molecule has 0 aliphatic carbocycles. The fourth-order valence-corrected chi connectivity index (χ4v) is 1.80. The van der Waals surface area contributed by atoms with Crippen LogP contribution in [0, 0.1) is 0 Å². The highest BCUT2D eigenvalue weighted by atomic mass is 16.4. The first-order valence-corrected chi connectivity index (χ1v) is 6.52. The van der Waals surface area contributed by atoms with E-state index in [1.54, 1.807) is 45.0 Å². The number of aliphatic carboxylic acids is 1. The van der Waals surface area contributed by atoms with Crippen LogP contribution in [0.5, 0.6) is 0 Å². The van der Waals surface area contributed by atoms with Crippen molar-refractivity contribution in [2.45, 2.75) is 33.2 Å². The largest absolute Gasteiger partial charge is 0.480 e. The molecule has 0 aliphatic heterocycles. The smallest absolute Gasteiger partial charge is 0.323 e. The maximum absolute atomic E-state index is 12.3. The molecule has 5 heteroatoms. The topological polar surface area (TPSA) is 74.7 Å². The van der Waals surface area contributed by atoms with Gasteiger partial charge >= 0.3 is 5.97 Å². The number of carboxylic acid groups (broad SMARTS) is 1. The number of ketones is 1. The van der Waals surface area contributed by atoms with Gasteiger partial charge in [0.25, 0.3) is 5.91 Å². The zero-order valence-electron chi connectivity index (χ0n) is 11.9. The number of hydrogen-bond acceptors (Lipinski definition) is 3. The van der Waals surface area contributed by atoms with Gasteiger partial charge in [0.1, 0.15) is 6.54 Å². The molecule has 108 valence electrons. The van der Waals surface area contributed by atoms with E-state index >= 15 is 0 Å². The molecule has 0 radical (unpaired) electrons. The minimum atomic E-state index is -1.05. The van der Waals surface area contributed by atoms with Gasteiger partial charge in [-0.25, -0.2) is 0 Å². The van der Waals surface area contributed by atoms with E-state index in [4.69, 9.17) is 5.11 Å². The Morgan fingerprint density at radius 2 is 1.60 bits per heavy atom. The van der Waals surface area contributed by atoms with Crippen molar-refractivity contribution in [1.29, 1.82) is 0 Å². The molecular weight excluding hydrogens is 258 g/mol. The molecule has 1 aromatic carbocycles. The Morgan fingerprint density at radius 3 is 2.00 bits per heavy atom. The Balaban J connectivity index is 2.95. The van der Waals surface area contributed by atoms with E-state index in [9.17, 15) is 14.4 Å². The predicted molar refractivity (Wildman–Crippen MR) is 74.9 cm³/mol. The molecular formula is C15H19NO4. The van der Waals surface area contributed by atoms with E-state index in [1.807, 2.05) is 0 Å². The first-order chi connectivity index (χ1) is 9.36. The predicted octanol–water partition coefficient (Wildman–Crippen LogP) is 2.21. The van der Waals surface area contributed by atoms with Gasteiger partial charge in [-0.3, -0.25) is 14.4 Å². The van der Waals surface area contributed by atoms with Gasteiger partial charge in [0.05, 0.1) is 0 Å². The highest BCUT2D eigenvalue weighted by Crippen LogP contribution is 2.11. The van der Waals surface area contributed by atoms with Crippen LogP contribution in [0.1, 0.15) is 47.9 Å². The summed E-state index contributed by atoms with van der Waals surface area (Å²) in [5, 5.41) is 8.84. The third kappa shape index (κ3) is 3.91. The van der Waals surface area contributed by atoms with Gasteiger partial charge in [0.2, 0.25) is 0 Å². The molecule has 0 heterocycles. The molecule has 0 fully saturated rings. The van der Waals surface area contributed by atoms with Gasteiger partial charge in [-0.1, -0.05) is 19.1 Å². The second kappa shape index (κ2) is 6.84. The Kier molecular flexibility index (Phi) is 5.43. The van der Waals surface area contributed by atoms with Crippen molar-refractivity contribution < 1.29 is 19.5 Å². The van der Waals surface area contributed by atoms with E-state index in [0.29, 0.717) is 17.5 Å². The summed E-state index contributed by atoms with van der Waals surface area (Å²) < 4.78 is 0. The molecule has 20 heavy (non-hydrogen) atoms. The van der Waals surface area contributed by atoms with Gasteiger partial charge in [0, 0.05) is 23.6 Å². The number of carbonyl (C=O) groups excluding carboxylic acids is 2. The average molecular weight is 277 g/mol. The van der Waals surface area contributed by atoms with Crippen LogP contribution in [0.2, 0.25) is 0 Å². The lowest BCUT2D eigenvalue weighted by molar-refractivity contribution is -0.138. The van der Waals surface area contributed by atoms with Crippen molar-refractivity contribution in [1.82, 2.24) is 4.90 Å². The van der Waals surface area contributed by atoms with Crippen LogP contribution in [0.3, 0.4) is 0 Å².